The average molecular weight is 385 g/mol. The van der Waals surface area contributed by atoms with Gasteiger partial charge in [0.25, 0.3) is 5.91 Å². The molecular weight excluding hydrogens is 364 g/mol. The lowest BCUT2D eigenvalue weighted by Gasteiger charge is -2.12. The number of nitrogens with zero attached hydrogens (tertiary/aromatic N) is 1. The van der Waals surface area contributed by atoms with Crippen molar-refractivity contribution in [3.05, 3.63) is 57.6 Å². The van der Waals surface area contributed by atoms with Crippen molar-refractivity contribution in [2.75, 3.05) is 19.0 Å². The van der Waals surface area contributed by atoms with Gasteiger partial charge in [-0.05, 0) is 56.2 Å². The van der Waals surface area contributed by atoms with Crippen LogP contribution in [0.25, 0.3) is 6.08 Å². The van der Waals surface area contributed by atoms with Crippen LogP contribution in [0, 0.1) is 25.2 Å². The van der Waals surface area contributed by atoms with Gasteiger partial charge >= 0.3 is 0 Å². The van der Waals surface area contributed by atoms with Gasteiger partial charge < -0.3 is 14.8 Å². The number of aryl methyl sites for hydroxylation is 2. The number of hydrogen-bond acceptors (Lipinski definition) is 4. The molecule has 0 aliphatic carbocycles. The summed E-state index contributed by atoms with van der Waals surface area (Å²) in [6.45, 7) is 6.15. The smallest absolute Gasteiger partial charge is 0.266 e. The molecule has 0 spiro atoms. The van der Waals surface area contributed by atoms with Crippen LogP contribution in [0.3, 0.4) is 0 Å². The van der Waals surface area contributed by atoms with E-state index >= 15 is 0 Å². The van der Waals surface area contributed by atoms with Crippen LogP contribution in [0.5, 0.6) is 11.5 Å². The zero-order valence-electron chi connectivity index (χ0n) is 15.7. The Labute approximate surface area is 164 Å². The molecule has 0 atom stereocenters. The minimum atomic E-state index is -0.492. The van der Waals surface area contributed by atoms with Crippen LogP contribution in [-0.4, -0.2) is 19.6 Å². The number of carbonyl (C=O) groups excluding carboxylic acids is 1. The molecule has 0 aliphatic heterocycles. The summed E-state index contributed by atoms with van der Waals surface area (Å²) in [5.41, 5.74) is 3.20. The number of rotatable bonds is 6. The Hall–Kier alpha value is -2.97. The summed E-state index contributed by atoms with van der Waals surface area (Å²) in [4.78, 5) is 12.5. The second-order valence-electron chi connectivity index (χ2n) is 5.91. The molecule has 27 heavy (non-hydrogen) atoms. The summed E-state index contributed by atoms with van der Waals surface area (Å²) >= 11 is 6.25. The van der Waals surface area contributed by atoms with Gasteiger partial charge in [-0.1, -0.05) is 29.3 Å². The lowest BCUT2D eigenvalue weighted by Crippen LogP contribution is -2.14. The van der Waals surface area contributed by atoms with Gasteiger partial charge in [-0.2, -0.15) is 5.26 Å². The molecule has 140 valence electrons. The predicted molar refractivity (Wildman–Crippen MR) is 107 cm³/mol. The molecule has 2 rings (SSSR count). The van der Waals surface area contributed by atoms with Gasteiger partial charge in [0.2, 0.25) is 0 Å². The second-order valence-corrected chi connectivity index (χ2v) is 6.32. The Kier molecular flexibility index (Phi) is 6.86. The highest BCUT2D eigenvalue weighted by atomic mass is 35.5. The van der Waals surface area contributed by atoms with Crippen LogP contribution < -0.4 is 14.8 Å². The zero-order chi connectivity index (χ0) is 20.0. The third-order valence-electron chi connectivity index (χ3n) is 3.85. The van der Waals surface area contributed by atoms with E-state index in [0.717, 1.165) is 11.1 Å². The van der Waals surface area contributed by atoms with Crippen molar-refractivity contribution in [1.29, 1.82) is 5.26 Å². The van der Waals surface area contributed by atoms with E-state index in [4.69, 9.17) is 21.1 Å². The maximum atomic E-state index is 12.5. The molecule has 0 saturated heterocycles. The number of carbonyl (C=O) groups is 1. The van der Waals surface area contributed by atoms with Crippen molar-refractivity contribution in [2.45, 2.75) is 20.8 Å². The molecule has 0 fully saturated rings. The number of benzene rings is 2. The second kappa shape index (κ2) is 9.11. The highest BCUT2D eigenvalue weighted by Crippen LogP contribution is 2.37. The van der Waals surface area contributed by atoms with E-state index in [0.29, 0.717) is 34.4 Å². The molecule has 0 saturated carbocycles. The summed E-state index contributed by atoms with van der Waals surface area (Å²) < 4.78 is 10.8. The highest BCUT2D eigenvalue weighted by molar-refractivity contribution is 6.32. The van der Waals surface area contributed by atoms with Gasteiger partial charge in [-0.25, -0.2) is 0 Å². The predicted octanol–water partition coefficient (Wildman–Crippen LogP) is 4.91. The van der Waals surface area contributed by atoms with E-state index in [1.54, 1.807) is 12.1 Å². The minimum Gasteiger partial charge on any atom is -0.493 e. The van der Waals surface area contributed by atoms with E-state index in [-0.39, 0.29) is 5.57 Å². The highest BCUT2D eigenvalue weighted by Gasteiger charge is 2.14. The first-order chi connectivity index (χ1) is 12.9. The van der Waals surface area contributed by atoms with Crippen molar-refractivity contribution in [2.24, 2.45) is 0 Å². The maximum Gasteiger partial charge on any atom is 0.266 e. The Bertz CT molecular complexity index is 930. The number of anilines is 1. The fourth-order valence-corrected chi connectivity index (χ4v) is 2.84. The molecule has 1 amide bonds. The number of nitrogens with one attached hydrogen (secondary N) is 1. The van der Waals surface area contributed by atoms with Gasteiger partial charge in [-0.3, -0.25) is 4.79 Å². The van der Waals surface area contributed by atoms with Crippen LogP contribution >= 0.6 is 11.6 Å². The Morgan fingerprint density at radius 1 is 1.30 bits per heavy atom. The number of halogens is 1. The molecule has 0 aliphatic rings. The van der Waals surface area contributed by atoms with E-state index in [1.165, 1.54) is 13.2 Å². The molecule has 2 aromatic rings. The number of hydrogen-bond donors (Lipinski definition) is 1. The summed E-state index contributed by atoms with van der Waals surface area (Å²) in [7, 11) is 1.50. The zero-order valence-corrected chi connectivity index (χ0v) is 16.5. The Morgan fingerprint density at radius 2 is 2.04 bits per heavy atom. The van der Waals surface area contributed by atoms with Crippen molar-refractivity contribution < 1.29 is 14.3 Å². The quantitative estimate of drug-likeness (QED) is 0.567. The summed E-state index contributed by atoms with van der Waals surface area (Å²) in [6, 6.07) is 10.9. The minimum absolute atomic E-state index is 0.0442. The molecular formula is C21H21ClN2O3. The van der Waals surface area contributed by atoms with Gasteiger partial charge in [0.1, 0.15) is 11.6 Å². The fourth-order valence-electron chi connectivity index (χ4n) is 2.57. The molecule has 0 unspecified atom stereocenters. The standard InChI is InChI=1S/C21H21ClN2O3/c1-5-27-20-17(22)10-15(11-19(20)26-4)9-16(12-23)21(25)24-18-7-6-13(2)8-14(18)3/h6-11H,5H2,1-4H3,(H,24,25)/b16-9+. The Morgan fingerprint density at radius 3 is 2.63 bits per heavy atom. The van der Waals surface area contributed by atoms with Gasteiger partial charge in [0.15, 0.2) is 11.5 Å². The number of nitriles is 1. The van der Waals surface area contributed by atoms with Crippen LogP contribution in [0.4, 0.5) is 5.69 Å². The van der Waals surface area contributed by atoms with E-state index in [1.807, 2.05) is 45.0 Å². The Balaban J connectivity index is 2.33. The summed E-state index contributed by atoms with van der Waals surface area (Å²) in [5, 5.41) is 12.5. The first-order valence-electron chi connectivity index (χ1n) is 8.40. The molecule has 0 bridgehead atoms. The normalized spacial score (nSPS) is 10.9. The third kappa shape index (κ3) is 5.02. The van der Waals surface area contributed by atoms with Gasteiger partial charge in [-0.15, -0.1) is 0 Å². The molecule has 0 radical (unpaired) electrons. The van der Waals surface area contributed by atoms with E-state index in [2.05, 4.69) is 5.32 Å². The van der Waals surface area contributed by atoms with E-state index in [9.17, 15) is 10.1 Å². The van der Waals surface area contributed by atoms with Crippen LogP contribution in [-0.2, 0) is 4.79 Å². The maximum absolute atomic E-state index is 12.5. The molecule has 5 nitrogen and oxygen atoms in total. The molecule has 6 heteroatoms. The molecule has 0 heterocycles. The fraction of sp³-hybridized carbons (Fsp3) is 0.238. The van der Waals surface area contributed by atoms with Crippen LogP contribution in [0.15, 0.2) is 35.9 Å². The molecule has 1 N–H and O–H groups in total. The SMILES string of the molecule is CCOc1c(Cl)cc(/C=C(\C#N)C(=O)Nc2ccc(C)cc2C)cc1OC. The number of ether oxygens (including phenoxy) is 2. The first-order valence-corrected chi connectivity index (χ1v) is 8.78. The lowest BCUT2D eigenvalue weighted by atomic mass is 10.1. The first kappa shape index (κ1) is 20.3. The monoisotopic (exact) mass is 384 g/mol. The molecule has 0 aromatic heterocycles. The van der Waals surface area contributed by atoms with Crippen LogP contribution in [0.1, 0.15) is 23.6 Å². The van der Waals surface area contributed by atoms with Gasteiger partial charge in [0, 0.05) is 5.69 Å². The van der Waals surface area contributed by atoms with Crippen LogP contribution in [0.2, 0.25) is 5.02 Å². The average Bonchev–Trinajstić information content (AvgIpc) is 2.63. The largest absolute Gasteiger partial charge is 0.493 e. The number of amides is 1. The van der Waals surface area contributed by atoms with Gasteiger partial charge in [0.05, 0.1) is 18.7 Å². The summed E-state index contributed by atoms with van der Waals surface area (Å²) in [6.07, 6.45) is 1.46. The topological polar surface area (TPSA) is 71.3 Å². The third-order valence-corrected chi connectivity index (χ3v) is 4.13. The molecule has 2 aromatic carbocycles. The van der Waals surface area contributed by atoms with Crippen molar-refractivity contribution in [3.63, 3.8) is 0 Å². The summed E-state index contributed by atoms with van der Waals surface area (Å²) in [5.74, 6) is 0.369. The van der Waals surface area contributed by atoms with Crippen molar-refractivity contribution >= 4 is 29.3 Å². The van der Waals surface area contributed by atoms with Crippen molar-refractivity contribution in [1.82, 2.24) is 0 Å². The van der Waals surface area contributed by atoms with Crippen molar-refractivity contribution in [3.8, 4) is 17.6 Å². The lowest BCUT2D eigenvalue weighted by molar-refractivity contribution is -0.112. The van der Waals surface area contributed by atoms with E-state index < -0.39 is 5.91 Å². The number of methoxy groups -OCH3 is 1.